The number of carbonyl (C=O) groups is 2. The Hall–Kier alpha value is -1.26. The molecule has 1 unspecified atom stereocenters. The largest absolute Gasteiger partial charge is 0.481 e. The molecule has 0 aromatic rings. The first-order valence-corrected chi connectivity index (χ1v) is 7.41. The molecule has 0 radical (unpaired) electrons. The number of amides is 2. The normalized spacial score (nSPS) is 19.8. The van der Waals surface area contributed by atoms with E-state index >= 15 is 0 Å². The highest BCUT2D eigenvalue weighted by Gasteiger charge is 2.23. The Morgan fingerprint density at radius 3 is 2.74 bits per heavy atom. The number of rotatable bonds is 6. The average molecular weight is 270 g/mol. The van der Waals surface area contributed by atoms with Crippen LogP contribution in [0.4, 0.5) is 4.79 Å². The van der Waals surface area contributed by atoms with Gasteiger partial charge in [-0.1, -0.05) is 19.8 Å². The molecule has 0 saturated carbocycles. The highest BCUT2D eigenvalue weighted by atomic mass is 16.4. The molecule has 2 N–H and O–H groups in total. The Labute approximate surface area is 115 Å². The van der Waals surface area contributed by atoms with Crippen LogP contribution in [0.25, 0.3) is 0 Å². The number of likely N-dealkylation sites (tertiary alicyclic amines) is 1. The molecule has 1 aliphatic heterocycles. The molecule has 0 aromatic carbocycles. The van der Waals surface area contributed by atoms with Crippen molar-refractivity contribution in [2.45, 2.75) is 64.3 Å². The predicted molar refractivity (Wildman–Crippen MR) is 74.1 cm³/mol. The van der Waals surface area contributed by atoms with Crippen LogP contribution in [0.1, 0.15) is 58.3 Å². The van der Waals surface area contributed by atoms with Crippen molar-refractivity contribution in [2.24, 2.45) is 0 Å². The van der Waals surface area contributed by atoms with E-state index in [1.807, 2.05) is 4.90 Å². The molecule has 0 spiro atoms. The van der Waals surface area contributed by atoms with Gasteiger partial charge in [0.1, 0.15) is 0 Å². The van der Waals surface area contributed by atoms with Crippen molar-refractivity contribution < 1.29 is 14.7 Å². The summed E-state index contributed by atoms with van der Waals surface area (Å²) in [7, 11) is 0. The van der Waals surface area contributed by atoms with Crippen LogP contribution < -0.4 is 5.32 Å². The van der Waals surface area contributed by atoms with E-state index in [0.29, 0.717) is 19.0 Å². The van der Waals surface area contributed by atoms with E-state index in [9.17, 15) is 9.59 Å². The number of nitrogens with one attached hydrogen (secondary N) is 1. The first-order chi connectivity index (χ1) is 9.15. The number of aliphatic carboxylic acids is 1. The molecule has 0 aromatic heterocycles. The van der Waals surface area contributed by atoms with Gasteiger partial charge in [-0.05, 0) is 32.1 Å². The van der Waals surface area contributed by atoms with Crippen LogP contribution in [0.15, 0.2) is 0 Å². The Balaban J connectivity index is 2.27. The van der Waals surface area contributed by atoms with Crippen LogP contribution in [0, 0.1) is 0 Å². The van der Waals surface area contributed by atoms with Gasteiger partial charge in [0.15, 0.2) is 0 Å². The number of urea groups is 1. The maximum atomic E-state index is 12.1. The molecular weight excluding hydrogens is 244 g/mol. The summed E-state index contributed by atoms with van der Waals surface area (Å²) in [5, 5.41) is 11.4. The fourth-order valence-corrected chi connectivity index (χ4v) is 2.57. The van der Waals surface area contributed by atoms with Crippen LogP contribution in [-0.4, -0.2) is 41.1 Å². The third-order valence-electron chi connectivity index (χ3n) is 3.70. The zero-order chi connectivity index (χ0) is 14.1. The zero-order valence-corrected chi connectivity index (χ0v) is 11.9. The van der Waals surface area contributed by atoms with Crippen molar-refractivity contribution in [3.05, 3.63) is 0 Å². The first-order valence-electron chi connectivity index (χ1n) is 7.41. The Kier molecular flexibility index (Phi) is 7.30. The molecule has 1 heterocycles. The number of nitrogens with zero attached hydrogens (tertiary/aromatic N) is 1. The molecule has 19 heavy (non-hydrogen) atoms. The molecule has 1 atom stereocenters. The highest BCUT2D eigenvalue weighted by molar-refractivity contribution is 5.74. The van der Waals surface area contributed by atoms with Gasteiger partial charge in [0.2, 0.25) is 0 Å². The first kappa shape index (κ1) is 15.8. The fourth-order valence-electron chi connectivity index (χ4n) is 2.57. The summed E-state index contributed by atoms with van der Waals surface area (Å²) in [6, 6.07) is 0.380. The number of carboxylic acids is 1. The van der Waals surface area contributed by atoms with Gasteiger partial charge in [-0.2, -0.15) is 0 Å². The lowest BCUT2D eigenvalue weighted by Gasteiger charge is -2.29. The lowest BCUT2D eigenvalue weighted by Crippen LogP contribution is -2.46. The topological polar surface area (TPSA) is 69.6 Å². The molecule has 1 aliphatic rings. The van der Waals surface area contributed by atoms with Crippen molar-refractivity contribution >= 4 is 12.0 Å². The van der Waals surface area contributed by atoms with E-state index in [0.717, 1.165) is 32.2 Å². The van der Waals surface area contributed by atoms with Crippen LogP contribution >= 0.6 is 0 Å². The van der Waals surface area contributed by atoms with Gasteiger partial charge >= 0.3 is 12.0 Å². The molecule has 0 aliphatic carbocycles. The Morgan fingerprint density at radius 2 is 2.05 bits per heavy atom. The van der Waals surface area contributed by atoms with Gasteiger partial charge in [-0.3, -0.25) is 4.79 Å². The van der Waals surface area contributed by atoms with E-state index in [1.54, 1.807) is 0 Å². The minimum Gasteiger partial charge on any atom is -0.481 e. The number of carboxylic acid groups (broad SMARTS) is 1. The fraction of sp³-hybridized carbons (Fsp3) is 0.857. The number of hydrogen-bond acceptors (Lipinski definition) is 2. The minimum atomic E-state index is -0.773. The Morgan fingerprint density at radius 1 is 1.26 bits per heavy atom. The van der Waals surface area contributed by atoms with E-state index in [1.165, 1.54) is 12.8 Å². The number of carbonyl (C=O) groups excluding carboxylic acids is 1. The monoisotopic (exact) mass is 270 g/mol. The van der Waals surface area contributed by atoms with Gasteiger partial charge in [0.25, 0.3) is 0 Å². The van der Waals surface area contributed by atoms with E-state index in [2.05, 4.69) is 12.2 Å². The lowest BCUT2D eigenvalue weighted by molar-refractivity contribution is -0.137. The average Bonchev–Trinajstić information content (AvgIpc) is 2.62. The lowest BCUT2D eigenvalue weighted by atomic mass is 10.1. The molecule has 1 saturated heterocycles. The van der Waals surface area contributed by atoms with Gasteiger partial charge < -0.3 is 15.3 Å². The second kappa shape index (κ2) is 8.77. The van der Waals surface area contributed by atoms with Gasteiger partial charge in [0.05, 0.1) is 0 Å². The summed E-state index contributed by atoms with van der Waals surface area (Å²) >= 11 is 0. The SMILES string of the molecule is CCC1CCCCCN1C(=O)NCCCCC(=O)O. The van der Waals surface area contributed by atoms with Gasteiger partial charge in [-0.15, -0.1) is 0 Å². The summed E-state index contributed by atoms with van der Waals surface area (Å²) in [4.78, 5) is 24.4. The standard InChI is InChI=1S/C14H26N2O3/c1-2-12-8-4-3-7-11-16(12)14(19)15-10-6-5-9-13(17)18/h12H,2-11H2,1H3,(H,15,19)(H,17,18). The van der Waals surface area contributed by atoms with Crippen molar-refractivity contribution in [1.82, 2.24) is 10.2 Å². The second-order valence-electron chi connectivity index (χ2n) is 5.19. The molecule has 1 fully saturated rings. The molecule has 5 nitrogen and oxygen atoms in total. The van der Waals surface area contributed by atoms with Gasteiger partial charge in [0, 0.05) is 25.6 Å². The summed E-state index contributed by atoms with van der Waals surface area (Å²) in [6.07, 6.45) is 7.13. The maximum Gasteiger partial charge on any atom is 0.317 e. The van der Waals surface area contributed by atoms with Gasteiger partial charge in [-0.25, -0.2) is 4.79 Å². The van der Waals surface area contributed by atoms with Crippen molar-refractivity contribution in [3.8, 4) is 0 Å². The van der Waals surface area contributed by atoms with Crippen LogP contribution in [0.2, 0.25) is 0 Å². The molecule has 0 bridgehead atoms. The highest BCUT2D eigenvalue weighted by Crippen LogP contribution is 2.19. The van der Waals surface area contributed by atoms with Crippen molar-refractivity contribution in [2.75, 3.05) is 13.1 Å². The molecule has 5 heteroatoms. The third kappa shape index (κ3) is 5.94. The van der Waals surface area contributed by atoms with E-state index in [4.69, 9.17) is 5.11 Å². The molecule has 2 amide bonds. The van der Waals surface area contributed by atoms with Crippen LogP contribution in [0.3, 0.4) is 0 Å². The summed E-state index contributed by atoms with van der Waals surface area (Å²) < 4.78 is 0. The van der Waals surface area contributed by atoms with E-state index in [-0.39, 0.29) is 12.5 Å². The van der Waals surface area contributed by atoms with Crippen molar-refractivity contribution in [3.63, 3.8) is 0 Å². The molecular formula is C14H26N2O3. The zero-order valence-electron chi connectivity index (χ0n) is 11.9. The third-order valence-corrected chi connectivity index (χ3v) is 3.70. The molecule has 110 valence electrons. The minimum absolute atomic E-state index is 0.0177. The maximum absolute atomic E-state index is 12.1. The van der Waals surface area contributed by atoms with E-state index < -0.39 is 5.97 Å². The predicted octanol–water partition coefficient (Wildman–Crippen LogP) is 2.61. The summed E-state index contributed by atoms with van der Waals surface area (Å²) in [5.74, 6) is -0.773. The summed E-state index contributed by atoms with van der Waals surface area (Å²) in [5.41, 5.74) is 0. The number of hydrogen-bond donors (Lipinski definition) is 2. The number of unbranched alkanes of at least 4 members (excludes halogenated alkanes) is 1. The van der Waals surface area contributed by atoms with Crippen LogP contribution in [-0.2, 0) is 4.79 Å². The Bertz CT molecular complexity index is 294. The summed E-state index contributed by atoms with van der Waals surface area (Å²) in [6.45, 7) is 3.54. The molecule has 1 rings (SSSR count). The van der Waals surface area contributed by atoms with Crippen molar-refractivity contribution in [1.29, 1.82) is 0 Å². The smallest absolute Gasteiger partial charge is 0.317 e. The van der Waals surface area contributed by atoms with Crippen LogP contribution in [0.5, 0.6) is 0 Å². The quantitative estimate of drug-likeness (QED) is 0.729. The second-order valence-corrected chi connectivity index (χ2v) is 5.19.